The van der Waals surface area contributed by atoms with Crippen LogP contribution in [0.3, 0.4) is 0 Å². The molecule has 5 heteroatoms. The number of halogens is 1. The average Bonchev–Trinajstić information content (AvgIpc) is 2.78. The first-order valence-corrected chi connectivity index (χ1v) is 7.50. The van der Waals surface area contributed by atoms with Gasteiger partial charge in [-0.3, -0.25) is 14.5 Å². The van der Waals surface area contributed by atoms with E-state index in [4.69, 9.17) is 0 Å². The van der Waals surface area contributed by atoms with Gasteiger partial charge in [-0.25, -0.2) is 4.39 Å². The Kier molecular flexibility index (Phi) is 4.06. The van der Waals surface area contributed by atoms with Gasteiger partial charge in [-0.15, -0.1) is 0 Å². The van der Waals surface area contributed by atoms with Gasteiger partial charge in [0.15, 0.2) is 0 Å². The van der Waals surface area contributed by atoms with Crippen LogP contribution in [0.4, 0.5) is 9.18 Å². The number of imide groups is 1. The molecule has 2 aromatic rings. The minimum Gasteiger partial charge on any atom is -0.268 e. The zero-order chi connectivity index (χ0) is 15.5. The molecule has 0 bridgehead atoms. The molecule has 22 heavy (non-hydrogen) atoms. The van der Waals surface area contributed by atoms with Crippen molar-refractivity contribution in [3.63, 3.8) is 0 Å². The van der Waals surface area contributed by atoms with E-state index in [2.05, 4.69) is 0 Å². The molecule has 0 radical (unpaired) electrons. The number of thioether (sulfide) groups is 1. The third-order valence-corrected chi connectivity index (χ3v) is 4.16. The number of amides is 2. The third kappa shape index (κ3) is 2.94. The molecule has 3 rings (SSSR count). The molecule has 110 valence electrons. The first kappa shape index (κ1) is 14.5. The van der Waals surface area contributed by atoms with Crippen molar-refractivity contribution in [1.29, 1.82) is 0 Å². The van der Waals surface area contributed by atoms with Crippen molar-refractivity contribution in [3.8, 4) is 0 Å². The van der Waals surface area contributed by atoms with Gasteiger partial charge in [0.05, 0.1) is 11.4 Å². The largest absolute Gasteiger partial charge is 0.293 e. The Morgan fingerprint density at radius 2 is 1.68 bits per heavy atom. The third-order valence-electron chi connectivity index (χ3n) is 3.26. The van der Waals surface area contributed by atoms with Gasteiger partial charge in [0.1, 0.15) is 5.82 Å². The zero-order valence-corrected chi connectivity index (χ0v) is 12.3. The molecule has 0 saturated carbocycles. The van der Waals surface area contributed by atoms with Gasteiger partial charge in [-0.05, 0) is 29.5 Å². The fourth-order valence-electron chi connectivity index (χ4n) is 2.13. The Bertz CT molecular complexity index is 758. The van der Waals surface area contributed by atoms with Gasteiger partial charge in [0.25, 0.3) is 11.1 Å². The van der Waals surface area contributed by atoms with E-state index in [1.807, 2.05) is 30.3 Å². The van der Waals surface area contributed by atoms with Crippen molar-refractivity contribution < 1.29 is 14.0 Å². The highest BCUT2D eigenvalue weighted by Gasteiger charge is 2.35. The Balaban J connectivity index is 1.83. The molecule has 0 unspecified atom stereocenters. The number of hydrogen-bond acceptors (Lipinski definition) is 3. The normalized spacial score (nSPS) is 16.6. The molecule has 0 N–H and O–H groups in total. The van der Waals surface area contributed by atoms with Crippen LogP contribution in [0.1, 0.15) is 11.1 Å². The summed E-state index contributed by atoms with van der Waals surface area (Å²) >= 11 is 0.878. The van der Waals surface area contributed by atoms with Crippen LogP contribution in [0.2, 0.25) is 0 Å². The zero-order valence-electron chi connectivity index (χ0n) is 11.5. The summed E-state index contributed by atoms with van der Waals surface area (Å²) in [6, 6.07) is 15.4. The monoisotopic (exact) mass is 313 g/mol. The lowest BCUT2D eigenvalue weighted by Crippen LogP contribution is -2.27. The molecule has 0 aromatic heterocycles. The molecule has 0 spiro atoms. The van der Waals surface area contributed by atoms with E-state index in [0.717, 1.165) is 22.2 Å². The lowest BCUT2D eigenvalue weighted by molar-refractivity contribution is -0.123. The predicted molar refractivity (Wildman–Crippen MR) is 84.4 cm³/mol. The lowest BCUT2D eigenvalue weighted by Gasteiger charge is -2.12. The van der Waals surface area contributed by atoms with E-state index in [-0.39, 0.29) is 17.7 Å². The van der Waals surface area contributed by atoms with Crippen LogP contribution in [-0.4, -0.2) is 16.0 Å². The second kappa shape index (κ2) is 6.15. The molecular weight excluding hydrogens is 301 g/mol. The van der Waals surface area contributed by atoms with E-state index in [1.54, 1.807) is 24.3 Å². The minimum atomic E-state index is -0.423. The first-order chi connectivity index (χ1) is 10.6. The number of nitrogens with zero attached hydrogens (tertiary/aromatic N) is 1. The van der Waals surface area contributed by atoms with Crippen molar-refractivity contribution in [3.05, 3.63) is 76.4 Å². The molecule has 0 atom stereocenters. The molecule has 2 amide bonds. The van der Waals surface area contributed by atoms with Gasteiger partial charge in [0.2, 0.25) is 0 Å². The second-order valence-electron chi connectivity index (χ2n) is 4.77. The number of benzene rings is 2. The number of hydrogen-bond donors (Lipinski definition) is 0. The maximum atomic E-state index is 13.7. The first-order valence-electron chi connectivity index (χ1n) is 6.69. The predicted octanol–water partition coefficient (Wildman–Crippen LogP) is 4.06. The summed E-state index contributed by atoms with van der Waals surface area (Å²) in [5, 5.41) is -0.379. The van der Waals surface area contributed by atoms with Crippen molar-refractivity contribution in [2.24, 2.45) is 0 Å². The van der Waals surface area contributed by atoms with E-state index >= 15 is 0 Å². The maximum Gasteiger partial charge on any atom is 0.293 e. The van der Waals surface area contributed by atoms with Crippen molar-refractivity contribution in [1.82, 2.24) is 4.90 Å². The van der Waals surface area contributed by atoms with Gasteiger partial charge in [-0.2, -0.15) is 0 Å². The van der Waals surface area contributed by atoms with Crippen LogP contribution >= 0.6 is 11.8 Å². The van der Waals surface area contributed by atoms with Crippen LogP contribution in [0.15, 0.2) is 59.5 Å². The fraction of sp³-hybridized carbons (Fsp3) is 0.0588. The standard InChI is InChI=1S/C17H12FNO2S/c18-14-9-5-4-8-13(14)11-19-16(20)15(22-17(19)21)10-12-6-2-1-3-7-12/h1-10H,11H2/b15-10+. The molecular formula is C17H12FNO2S. The number of carbonyl (C=O) groups excluding carboxylic acids is 2. The molecule has 1 heterocycles. The molecule has 2 aromatic carbocycles. The van der Waals surface area contributed by atoms with Crippen LogP contribution in [0.25, 0.3) is 6.08 Å². The van der Waals surface area contributed by atoms with Crippen LogP contribution in [0, 0.1) is 5.82 Å². The van der Waals surface area contributed by atoms with Crippen LogP contribution in [-0.2, 0) is 11.3 Å². The Morgan fingerprint density at radius 1 is 1.00 bits per heavy atom. The summed E-state index contributed by atoms with van der Waals surface area (Å²) in [7, 11) is 0. The van der Waals surface area contributed by atoms with Crippen molar-refractivity contribution >= 4 is 29.0 Å². The SMILES string of the molecule is O=C1S/C(=C/c2ccccc2)C(=O)N1Cc1ccccc1F. The number of carbonyl (C=O) groups is 2. The summed E-state index contributed by atoms with van der Waals surface area (Å²) in [5.74, 6) is -0.810. The summed E-state index contributed by atoms with van der Waals surface area (Å²) < 4.78 is 13.7. The van der Waals surface area contributed by atoms with E-state index in [9.17, 15) is 14.0 Å². The minimum absolute atomic E-state index is 0.0521. The van der Waals surface area contributed by atoms with Gasteiger partial charge in [0, 0.05) is 5.56 Å². The van der Waals surface area contributed by atoms with Crippen LogP contribution in [0.5, 0.6) is 0 Å². The summed E-state index contributed by atoms with van der Waals surface area (Å²) in [6.45, 7) is -0.0521. The molecule has 0 aliphatic carbocycles. The smallest absolute Gasteiger partial charge is 0.268 e. The van der Waals surface area contributed by atoms with Gasteiger partial charge in [-0.1, -0.05) is 48.5 Å². The van der Waals surface area contributed by atoms with Crippen LogP contribution < -0.4 is 0 Å². The molecule has 1 aliphatic rings. The van der Waals surface area contributed by atoms with E-state index < -0.39 is 5.82 Å². The molecule has 3 nitrogen and oxygen atoms in total. The summed E-state index contributed by atoms with van der Waals surface area (Å²) in [6.07, 6.45) is 1.67. The van der Waals surface area contributed by atoms with Gasteiger partial charge < -0.3 is 0 Å². The second-order valence-corrected chi connectivity index (χ2v) is 5.76. The quantitative estimate of drug-likeness (QED) is 0.802. The number of rotatable bonds is 3. The average molecular weight is 313 g/mol. The molecule has 1 fully saturated rings. The molecule has 1 saturated heterocycles. The molecule has 1 aliphatic heterocycles. The summed E-state index contributed by atoms with van der Waals surface area (Å²) in [5.41, 5.74) is 1.17. The van der Waals surface area contributed by atoms with Crippen molar-refractivity contribution in [2.75, 3.05) is 0 Å². The topological polar surface area (TPSA) is 37.4 Å². The Morgan fingerprint density at radius 3 is 2.41 bits per heavy atom. The Labute approximate surface area is 131 Å². The fourth-order valence-corrected chi connectivity index (χ4v) is 2.97. The highest BCUT2D eigenvalue weighted by atomic mass is 32.2. The maximum absolute atomic E-state index is 13.7. The highest BCUT2D eigenvalue weighted by Crippen LogP contribution is 2.33. The summed E-state index contributed by atoms with van der Waals surface area (Å²) in [4.78, 5) is 25.8. The van der Waals surface area contributed by atoms with E-state index in [0.29, 0.717) is 10.5 Å². The highest BCUT2D eigenvalue weighted by molar-refractivity contribution is 8.18. The van der Waals surface area contributed by atoms with Gasteiger partial charge >= 0.3 is 0 Å². The Hall–Kier alpha value is -2.40. The lowest BCUT2D eigenvalue weighted by atomic mass is 10.2. The van der Waals surface area contributed by atoms with E-state index in [1.165, 1.54) is 6.07 Å². The van der Waals surface area contributed by atoms with Crippen molar-refractivity contribution in [2.45, 2.75) is 6.54 Å².